The van der Waals surface area contributed by atoms with Crippen molar-refractivity contribution in [2.75, 3.05) is 13.7 Å². The van der Waals surface area contributed by atoms with Crippen molar-refractivity contribution < 1.29 is 4.74 Å². The van der Waals surface area contributed by atoms with Crippen LogP contribution in [0.2, 0.25) is 0 Å². The average molecular weight is 397 g/mol. The number of aryl methyl sites for hydroxylation is 1. The Balaban J connectivity index is 2.49. The van der Waals surface area contributed by atoms with Crippen molar-refractivity contribution in [2.24, 2.45) is 10.7 Å². The van der Waals surface area contributed by atoms with E-state index in [1.54, 1.807) is 7.11 Å². The lowest BCUT2D eigenvalue weighted by Crippen LogP contribution is -2.36. The van der Waals surface area contributed by atoms with Crippen molar-refractivity contribution >= 4 is 18.2 Å². The SMILES string of the molecule is C=c1ccn(Cc2ccc(C)cc2OC)/c1=C(/N=C(/N)CCC)NCCCCC. The molecule has 0 aliphatic heterocycles. The number of hydrogen-bond donors (Lipinski definition) is 2. The molecule has 0 fully saturated rings. The molecule has 0 aliphatic carbocycles. The first-order valence-electron chi connectivity index (χ1n) is 10.6. The van der Waals surface area contributed by atoms with Crippen molar-refractivity contribution in [1.82, 2.24) is 9.88 Å². The van der Waals surface area contributed by atoms with Gasteiger partial charge in [0.05, 0.1) is 19.0 Å². The van der Waals surface area contributed by atoms with Crippen LogP contribution in [0.25, 0.3) is 12.4 Å². The monoisotopic (exact) mass is 396 g/mol. The third-order valence-electron chi connectivity index (χ3n) is 4.89. The van der Waals surface area contributed by atoms with Gasteiger partial charge in [0.25, 0.3) is 0 Å². The van der Waals surface area contributed by atoms with Crippen LogP contribution in [0.15, 0.2) is 35.5 Å². The zero-order chi connectivity index (χ0) is 21.2. The minimum atomic E-state index is 0.644. The molecule has 2 rings (SSSR count). The molecule has 0 radical (unpaired) electrons. The Morgan fingerprint density at radius 3 is 2.69 bits per heavy atom. The van der Waals surface area contributed by atoms with Gasteiger partial charge in [0, 0.05) is 24.7 Å². The number of rotatable bonds is 11. The smallest absolute Gasteiger partial charge is 0.152 e. The summed E-state index contributed by atoms with van der Waals surface area (Å²) < 4.78 is 7.76. The molecular weight excluding hydrogens is 360 g/mol. The molecule has 5 nitrogen and oxygen atoms in total. The first kappa shape index (κ1) is 22.6. The molecule has 0 bridgehead atoms. The highest BCUT2D eigenvalue weighted by molar-refractivity contribution is 5.83. The second-order valence-corrected chi connectivity index (χ2v) is 7.47. The molecule has 2 aromatic rings. The van der Waals surface area contributed by atoms with Gasteiger partial charge < -0.3 is 20.4 Å². The fourth-order valence-electron chi connectivity index (χ4n) is 3.32. The van der Waals surface area contributed by atoms with Gasteiger partial charge in [-0.25, -0.2) is 4.99 Å². The number of hydrogen-bond acceptors (Lipinski definition) is 3. The maximum Gasteiger partial charge on any atom is 0.152 e. The van der Waals surface area contributed by atoms with E-state index in [1.165, 1.54) is 18.4 Å². The van der Waals surface area contributed by atoms with Gasteiger partial charge in [0.1, 0.15) is 11.6 Å². The second kappa shape index (κ2) is 11.3. The fraction of sp³-hybridized carbons (Fsp3) is 0.458. The molecule has 0 saturated heterocycles. The van der Waals surface area contributed by atoms with E-state index in [9.17, 15) is 0 Å². The average Bonchev–Trinajstić information content (AvgIpc) is 3.06. The van der Waals surface area contributed by atoms with E-state index in [-0.39, 0.29) is 0 Å². The summed E-state index contributed by atoms with van der Waals surface area (Å²) in [7, 11) is 1.71. The van der Waals surface area contributed by atoms with Gasteiger partial charge in [-0.05, 0) is 42.7 Å². The molecule has 0 unspecified atom stereocenters. The van der Waals surface area contributed by atoms with Gasteiger partial charge in [-0.15, -0.1) is 0 Å². The minimum Gasteiger partial charge on any atom is -0.496 e. The molecule has 0 amide bonds. The Labute approximate surface area is 175 Å². The number of ether oxygens (including phenoxy) is 1. The Morgan fingerprint density at radius 2 is 2.00 bits per heavy atom. The van der Waals surface area contributed by atoms with E-state index >= 15 is 0 Å². The van der Waals surface area contributed by atoms with E-state index in [4.69, 9.17) is 15.5 Å². The molecule has 0 aliphatic rings. The number of nitrogens with one attached hydrogen (secondary N) is 1. The topological polar surface area (TPSA) is 64.6 Å². The standard InChI is InChI=1S/C24H36N4O/c1-6-8-9-14-26-24(27-22(25)10-7-2)23-19(4)13-15-28(23)17-20-12-11-18(3)16-21(20)29-5/h11-13,15-16,26H,4,6-10,14,17H2,1-3,5H3,(H2,25,27)/b24-23+. The zero-order valence-electron chi connectivity index (χ0n) is 18.4. The highest BCUT2D eigenvalue weighted by atomic mass is 16.5. The lowest BCUT2D eigenvalue weighted by molar-refractivity contribution is 0.408. The van der Waals surface area contributed by atoms with Crippen LogP contribution < -0.4 is 26.4 Å². The lowest BCUT2D eigenvalue weighted by Gasteiger charge is -2.13. The number of benzene rings is 1. The Hall–Kier alpha value is -2.69. The van der Waals surface area contributed by atoms with Crippen molar-refractivity contribution in [1.29, 1.82) is 0 Å². The summed E-state index contributed by atoms with van der Waals surface area (Å²) in [6, 6.07) is 8.31. The summed E-state index contributed by atoms with van der Waals surface area (Å²) in [6.07, 6.45) is 7.27. The van der Waals surface area contributed by atoms with Crippen LogP contribution in [-0.4, -0.2) is 24.1 Å². The molecule has 3 N–H and O–H groups in total. The first-order valence-corrected chi connectivity index (χ1v) is 10.6. The minimum absolute atomic E-state index is 0.644. The molecule has 1 aromatic carbocycles. The summed E-state index contributed by atoms with van der Waals surface area (Å²) in [5.74, 6) is 2.33. The molecule has 29 heavy (non-hydrogen) atoms. The summed E-state index contributed by atoms with van der Waals surface area (Å²) in [6.45, 7) is 12.2. The van der Waals surface area contributed by atoms with Crippen molar-refractivity contribution in [3.05, 3.63) is 52.2 Å². The van der Waals surface area contributed by atoms with Crippen LogP contribution in [0.1, 0.15) is 57.1 Å². The summed E-state index contributed by atoms with van der Waals surface area (Å²) in [4.78, 5) is 4.73. The lowest BCUT2D eigenvalue weighted by atomic mass is 10.1. The summed E-state index contributed by atoms with van der Waals surface area (Å²) >= 11 is 0. The largest absolute Gasteiger partial charge is 0.496 e. The number of aliphatic imine (C=N–C) groups is 1. The predicted molar refractivity (Wildman–Crippen MR) is 124 cm³/mol. The van der Waals surface area contributed by atoms with E-state index in [0.29, 0.717) is 12.4 Å². The van der Waals surface area contributed by atoms with Gasteiger partial charge >= 0.3 is 0 Å². The summed E-state index contributed by atoms with van der Waals surface area (Å²) in [5.41, 5.74) is 8.47. The Bertz CT molecular complexity index is 927. The Kier molecular flexibility index (Phi) is 8.84. The molecule has 0 saturated carbocycles. The number of nitrogens with two attached hydrogens (primary N) is 1. The molecule has 0 atom stereocenters. The molecular formula is C24H36N4O. The summed E-state index contributed by atoms with van der Waals surface area (Å²) in [5, 5.41) is 5.42. The second-order valence-electron chi connectivity index (χ2n) is 7.47. The number of aromatic nitrogens is 1. The maximum absolute atomic E-state index is 6.18. The zero-order valence-corrected chi connectivity index (χ0v) is 18.4. The number of methoxy groups -OCH3 is 1. The number of nitrogens with zero attached hydrogens (tertiary/aromatic N) is 2. The molecule has 1 heterocycles. The fourth-order valence-corrected chi connectivity index (χ4v) is 3.32. The number of amidine groups is 1. The Morgan fingerprint density at radius 1 is 1.21 bits per heavy atom. The maximum atomic E-state index is 6.18. The quantitative estimate of drug-likeness (QED) is 0.348. The van der Waals surface area contributed by atoms with Gasteiger partial charge in [0.2, 0.25) is 0 Å². The van der Waals surface area contributed by atoms with Gasteiger partial charge in [0.15, 0.2) is 5.82 Å². The third-order valence-corrected chi connectivity index (χ3v) is 4.89. The van der Waals surface area contributed by atoms with Crippen molar-refractivity contribution in [2.45, 2.75) is 59.4 Å². The van der Waals surface area contributed by atoms with Crippen molar-refractivity contribution in [3.63, 3.8) is 0 Å². The normalized spacial score (nSPS) is 12.8. The highest BCUT2D eigenvalue weighted by Crippen LogP contribution is 2.20. The third kappa shape index (κ3) is 6.41. The van der Waals surface area contributed by atoms with Crippen LogP contribution in [-0.2, 0) is 6.54 Å². The van der Waals surface area contributed by atoms with E-state index < -0.39 is 0 Å². The van der Waals surface area contributed by atoms with E-state index in [1.807, 2.05) is 6.07 Å². The van der Waals surface area contributed by atoms with E-state index in [2.05, 4.69) is 61.6 Å². The van der Waals surface area contributed by atoms with Crippen LogP contribution in [0, 0.1) is 6.92 Å². The van der Waals surface area contributed by atoms with Crippen molar-refractivity contribution in [3.8, 4) is 5.75 Å². The molecule has 158 valence electrons. The molecule has 5 heteroatoms. The molecule has 0 spiro atoms. The molecule has 1 aromatic heterocycles. The van der Waals surface area contributed by atoms with Gasteiger partial charge in [-0.3, -0.25) is 0 Å². The van der Waals surface area contributed by atoms with Gasteiger partial charge in [-0.1, -0.05) is 45.4 Å². The predicted octanol–water partition coefficient (Wildman–Crippen LogP) is 3.27. The van der Waals surface area contributed by atoms with Crippen LogP contribution in [0.3, 0.4) is 0 Å². The first-order chi connectivity index (χ1) is 14.0. The van der Waals surface area contributed by atoms with E-state index in [0.717, 1.165) is 53.5 Å². The van der Waals surface area contributed by atoms with Crippen LogP contribution >= 0.6 is 0 Å². The van der Waals surface area contributed by atoms with Gasteiger partial charge in [-0.2, -0.15) is 0 Å². The van der Waals surface area contributed by atoms with Crippen LogP contribution in [0.4, 0.5) is 0 Å². The number of unbranched alkanes of at least 4 members (excludes halogenated alkanes) is 2. The highest BCUT2D eigenvalue weighted by Gasteiger charge is 2.08. The van der Waals surface area contributed by atoms with Crippen LogP contribution in [0.5, 0.6) is 5.75 Å².